The Morgan fingerprint density at radius 3 is 2.73 bits per heavy atom. The summed E-state index contributed by atoms with van der Waals surface area (Å²) in [6.45, 7) is -0.510. The standard InChI is InChI=1S/C12H15ClN4O5/c13-11-8-12(15-3-14-11)17(4-16-8)7-1-5(19)9(20)10(21)6(2-18)22-7/h3-7,9-10,18-21H,1-2H2/t5-,6+,7-,9-,10+/m0/s1. The Bertz CT molecular complexity index is 668. The summed E-state index contributed by atoms with van der Waals surface area (Å²) in [5, 5.41) is 39.2. The fraction of sp³-hybridized carbons (Fsp3) is 0.583. The molecule has 9 nitrogen and oxygen atoms in total. The third-order valence-corrected chi connectivity index (χ3v) is 3.98. The first-order valence-electron chi connectivity index (χ1n) is 6.66. The SMILES string of the molecule is OC[C@H]1O[C@H](n2cnc3c(Cl)ncnc32)C[C@H](O)[C@H](O)[C@@H]1O. The van der Waals surface area contributed by atoms with Crippen molar-refractivity contribution in [2.24, 2.45) is 0 Å². The average molecular weight is 331 g/mol. The number of imidazole rings is 1. The molecule has 1 saturated heterocycles. The molecule has 120 valence electrons. The van der Waals surface area contributed by atoms with Gasteiger partial charge in [-0.2, -0.15) is 0 Å². The maximum Gasteiger partial charge on any atom is 0.166 e. The van der Waals surface area contributed by atoms with Crippen LogP contribution in [0.15, 0.2) is 12.7 Å². The van der Waals surface area contributed by atoms with Gasteiger partial charge in [0.1, 0.15) is 36.4 Å². The lowest BCUT2D eigenvalue weighted by molar-refractivity contribution is -0.130. The van der Waals surface area contributed by atoms with E-state index in [0.717, 1.165) is 0 Å². The molecular formula is C12H15ClN4O5. The number of halogens is 1. The Labute approximate surface area is 129 Å². The fourth-order valence-corrected chi connectivity index (χ4v) is 2.67. The van der Waals surface area contributed by atoms with Crippen molar-refractivity contribution in [3.8, 4) is 0 Å². The molecule has 22 heavy (non-hydrogen) atoms. The monoisotopic (exact) mass is 330 g/mol. The third kappa shape index (κ3) is 2.56. The van der Waals surface area contributed by atoms with Crippen LogP contribution >= 0.6 is 11.6 Å². The number of rotatable bonds is 2. The van der Waals surface area contributed by atoms with Crippen LogP contribution in [0.1, 0.15) is 12.6 Å². The summed E-state index contributed by atoms with van der Waals surface area (Å²) in [5.74, 6) is 0. The summed E-state index contributed by atoms with van der Waals surface area (Å²) in [5.41, 5.74) is 0.757. The topological polar surface area (TPSA) is 134 Å². The number of nitrogens with zero attached hydrogens (tertiary/aromatic N) is 4. The first-order chi connectivity index (χ1) is 10.5. The number of aliphatic hydroxyl groups excluding tert-OH is 4. The normalized spacial score (nSPS) is 33.0. The van der Waals surface area contributed by atoms with Crippen LogP contribution in [0.2, 0.25) is 5.15 Å². The van der Waals surface area contributed by atoms with E-state index in [-0.39, 0.29) is 11.6 Å². The molecule has 10 heteroatoms. The van der Waals surface area contributed by atoms with E-state index in [1.54, 1.807) is 0 Å². The van der Waals surface area contributed by atoms with Gasteiger partial charge in [0, 0.05) is 6.42 Å². The minimum atomic E-state index is -1.42. The Morgan fingerprint density at radius 2 is 2.00 bits per heavy atom. The van der Waals surface area contributed by atoms with Crippen LogP contribution in [-0.2, 0) is 4.74 Å². The highest BCUT2D eigenvalue weighted by Crippen LogP contribution is 2.29. The fourth-order valence-electron chi connectivity index (χ4n) is 2.50. The second-order valence-electron chi connectivity index (χ2n) is 5.08. The van der Waals surface area contributed by atoms with Crippen LogP contribution < -0.4 is 0 Å². The zero-order valence-corrected chi connectivity index (χ0v) is 12.1. The van der Waals surface area contributed by atoms with E-state index in [9.17, 15) is 20.4 Å². The largest absolute Gasteiger partial charge is 0.394 e. The van der Waals surface area contributed by atoms with Gasteiger partial charge in [-0.15, -0.1) is 0 Å². The van der Waals surface area contributed by atoms with E-state index in [4.69, 9.17) is 16.3 Å². The molecule has 2 aromatic rings. The van der Waals surface area contributed by atoms with Crippen molar-refractivity contribution in [1.29, 1.82) is 0 Å². The van der Waals surface area contributed by atoms with Crippen LogP contribution in [0.3, 0.4) is 0 Å². The molecule has 3 heterocycles. The number of hydrogen-bond donors (Lipinski definition) is 4. The van der Waals surface area contributed by atoms with Gasteiger partial charge in [0.25, 0.3) is 0 Å². The molecule has 1 aliphatic heterocycles. The van der Waals surface area contributed by atoms with E-state index < -0.39 is 37.3 Å². The van der Waals surface area contributed by atoms with Crippen molar-refractivity contribution in [2.75, 3.05) is 6.61 Å². The van der Waals surface area contributed by atoms with Gasteiger partial charge in [-0.1, -0.05) is 11.6 Å². The van der Waals surface area contributed by atoms with E-state index in [0.29, 0.717) is 11.2 Å². The predicted molar refractivity (Wildman–Crippen MR) is 74.0 cm³/mol. The molecule has 3 rings (SSSR count). The summed E-state index contributed by atoms with van der Waals surface area (Å²) in [6.07, 6.45) is -3.21. The summed E-state index contributed by atoms with van der Waals surface area (Å²) < 4.78 is 7.12. The van der Waals surface area contributed by atoms with Crippen LogP contribution in [-0.4, -0.2) is 71.0 Å². The zero-order valence-electron chi connectivity index (χ0n) is 11.3. The smallest absolute Gasteiger partial charge is 0.166 e. The molecule has 0 unspecified atom stereocenters. The lowest BCUT2D eigenvalue weighted by Gasteiger charge is -2.24. The zero-order chi connectivity index (χ0) is 15.9. The Morgan fingerprint density at radius 1 is 1.23 bits per heavy atom. The summed E-state index contributed by atoms with van der Waals surface area (Å²) in [6, 6.07) is 0. The van der Waals surface area contributed by atoms with Gasteiger partial charge in [0.2, 0.25) is 0 Å². The van der Waals surface area contributed by atoms with Gasteiger partial charge >= 0.3 is 0 Å². The highest BCUT2D eigenvalue weighted by molar-refractivity contribution is 6.33. The van der Waals surface area contributed by atoms with Gasteiger partial charge in [0.15, 0.2) is 10.8 Å². The minimum absolute atomic E-state index is 0.0121. The molecule has 0 saturated carbocycles. The first-order valence-corrected chi connectivity index (χ1v) is 7.04. The summed E-state index contributed by atoms with van der Waals surface area (Å²) in [4.78, 5) is 12.0. The molecule has 1 aliphatic rings. The quantitative estimate of drug-likeness (QED) is 0.507. The molecule has 1 fully saturated rings. The highest BCUT2D eigenvalue weighted by Gasteiger charge is 2.39. The Kier molecular flexibility index (Phi) is 4.26. The first kappa shape index (κ1) is 15.5. The number of fused-ring (bicyclic) bond motifs is 1. The maximum atomic E-state index is 9.97. The van der Waals surface area contributed by atoms with Gasteiger partial charge in [0.05, 0.1) is 19.0 Å². The van der Waals surface area contributed by atoms with Crippen LogP contribution in [0.4, 0.5) is 0 Å². The summed E-state index contributed by atoms with van der Waals surface area (Å²) >= 11 is 5.94. The van der Waals surface area contributed by atoms with Gasteiger partial charge in [-0.05, 0) is 0 Å². The van der Waals surface area contributed by atoms with Crippen LogP contribution in [0.5, 0.6) is 0 Å². The second-order valence-corrected chi connectivity index (χ2v) is 5.44. The predicted octanol–water partition coefficient (Wildman–Crippen LogP) is -1.16. The lowest BCUT2D eigenvalue weighted by atomic mass is 10.0. The van der Waals surface area contributed by atoms with Crippen LogP contribution in [0.25, 0.3) is 11.2 Å². The van der Waals surface area contributed by atoms with Crippen molar-refractivity contribution in [2.45, 2.75) is 37.1 Å². The molecule has 2 aromatic heterocycles. The molecule has 0 bridgehead atoms. The van der Waals surface area contributed by atoms with Crippen molar-refractivity contribution < 1.29 is 25.2 Å². The Hall–Kier alpha value is -1.36. The van der Waals surface area contributed by atoms with Gasteiger partial charge in [-0.3, -0.25) is 4.57 Å². The second kappa shape index (κ2) is 6.03. The molecule has 0 amide bonds. The molecule has 0 aliphatic carbocycles. The van der Waals surface area contributed by atoms with Crippen LogP contribution in [0, 0.1) is 0 Å². The average Bonchev–Trinajstić information content (AvgIpc) is 2.91. The van der Waals surface area contributed by atoms with E-state index in [2.05, 4.69) is 15.0 Å². The third-order valence-electron chi connectivity index (χ3n) is 3.70. The summed E-state index contributed by atoms with van der Waals surface area (Å²) in [7, 11) is 0. The number of aromatic nitrogens is 4. The van der Waals surface area contributed by atoms with E-state index in [1.165, 1.54) is 17.2 Å². The maximum absolute atomic E-state index is 9.97. The molecule has 5 atom stereocenters. The van der Waals surface area contributed by atoms with Gasteiger partial charge < -0.3 is 25.2 Å². The van der Waals surface area contributed by atoms with Crippen molar-refractivity contribution >= 4 is 22.8 Å². The van der Waals surface area contributed by atoms with Crippen molar-refractivity contribution in [3.63, 3.8) is 0 Å². The number of hydrogen-bond acceptors (Lipinski definition) is 8. The number of ether oxygens (including phenoxy) is 1. The minimum Gasteiger partial charge on any atom is -0.394 e. The molecule has 4 N–H and O–H groups in total. The van der Waals surface area contributed by atoms with Crippen molar-refractivity contribution in [1.82, 2.24) is 19.5 Å². The Balaban J connectivity index is 2.00. The van der Waals surface area contributed by atoms with E-state index >= 15 is 0 Å². The van der Waals surface area contributed by atoms with Crippen molar-refractivity contribution in [3.05, 3.63) is 17.8 Å². The molecule has 0 spiro atoms. The molecule has 0 radical (unpaired) electrons. The van der Waals surface area contributed by atoms with Gasteiger partial charge in [-0.25, -0.2) is 15.0 Å². The molecular weight excluding hydrogens is 316 g/mol. The molecule has 0 aromatic carbocycles. The highest BCUT2D eigenvalue weighted by atomic mass is 35.5. The van der Waals surface area contributed by atoms with E-state index in [1.807, 2.05) is 0 Å². The number of aliphatic hydroxyl groups is 4. The lowest BCUT2D eigenvalue weighted by Crippen LogP contribution is -2.44.